The van der Waals surface area contributed by atoms with Gasteiger partial charge in [-0.25, -0.2) is 22.5 Å². The molecule has 0 fully saturated rings. The molecule has 176 valence electrons. The Kier molecular flexibility index (Phi) is 6.20. The van der Waals surface area contributed by atoms with Gasteiger partial charge in [0, 0.05) is 17.4 Å². The van der Waals surface area contributed by atoms with Crippen LogP contribution in [-0.4, -0.2) is 35.3 Å². The number of ether oxygens (including phenoxy) is 2. The third kappa shape index (κ3) is 4.99. The van der Waals surface area contributed by atoms with Gasteiger partial charge in [0.25, 0.3) is 10.0 Å². The number of nitrogens with zero attached hydrogens (tertiary/aromatic N) is 4. The smallest absolute Gasteiger partial charge is 0.265 e. The summed E-state index contributed by atoms with van der Waals surface area (Å²) in [4.78, 5) is 8.42. The number of anilines is 1. The van der Waals surface area contributed by atoms with E-state index in [1.54, 1.807) is 29.8 Å². The molecule has 2 aromatic heterocycles. The maximum Gasteiger partial charge on any atom is 0.265 e. The Morgan fingerprint density at radius 1 is 0.971 bits per heavy atom. The van der Waals surface area contributed by atoms with Gasteiger partial charge in [-0.2, -0.15) is 10.1 Å². The topological polar surface area (TPSA) is 108 Å². The van der Waals surface area contributed by atoms with Crippen molar-refractivity contribution >= 4 is 15.7 Å². The second-order valence-electron chi connectivity index (χ2n) is 7.48. The summed E-state index contributed by atoms with van der Waals surface area (Å²) in [6, 6.07) is 13.1. The summed E-state index contributed by atoms with van der Waals surface area (Å²) in [6.45, 7) is 5.58. The van der Waals surface area contributed by atoms with Crippen LogP contribution in [0.4, 0.5) is 10.1 Å². The number of aromatic nitrogens is 4. The van der Waals surface area contributed by atoms with E-state index in [0.717, 1.165) is 23.5 Å². The molecule has 2 heterocycles. The van der Waals surface area contributed by atoms with Crippen LogP contribution in [0.1, 0.15) is 17.2 Å². The highest BCUT2D eigenvalue weighted by atomic mass is 32.2. The van der Waals surface area contributed by atoms with Crippen molar-refractivity contribution in [2.45, 2.75) is 25.7 Å². The van der Waals surface area contributed by atoms with E-state index in [2.05, 4.69) is 19.8 Å². The Morgan fingerprint density at radius 2 is 1.71 bits per heavy atom. The molecule has 0 radical (unpaired) electrons. The zero-order valence-corrected chi connectivity index (χ0v) is 19.7. The summed E-state index contributed by atoms with van der Waals surface area (Å²) in [5.74, 6) is 1.17. The van der Waals surface area contributed by atoms with Crippen LogP contribution >= 0.6 is 0 Å². The molecule has 0 aliphatic heterocycles. The zero-order valence-electron chi connectivity index (χ0n) is 18.9. The van der Waals surface area contributed by atoms with Gasteiger partial charge in [-0.05, 0) is 69.3 Å². The summed E-state index contributed by atoms with van der Waals surface area (Å²) < 4.78 is 54.1. The first-order valence-electron chi connectivity index (χ1n) is 10.2. The minimum absolute atomic E-state index is 0.0337. The molecular weight excluding hydrogens is 461 g/mol. The molecule has 0 saturated heterocycles. The van der Waals surface area contributed by atoms with Gasteiger partial charge in [-0.3, -0.25) is 4.72 Å². The maximum atomic E-state index is 13.6. The van der Waals surface area contributed by atoms with Crippen molar-refractivity contribution in [1.29, 1.82) is 0 Å². The van der Waals surface area contributed by atoms with Crippen LogP contribution in [0.5, 0.6) is 17.4 Å². The van der Waals surface area contributed by atoms with Gasteiger partial charge in [0.05, 0.1) is 12.8 Å². The van der Waals surface area contributed by atoms with E-state index >= 15 is 0 Å². The monoisotopic (exact) mass is 483 g/mol. The van der Waals surface area contributed by atoms with Crippen molar-refractivity contribution < 1.29 is 22.3 Å². The minimum Gasteiger partial charge on any atom is -0.495 e. The van der Waals surface area contributed by atoms with E-state index in [9.17, 15) is 12.8 Å². The molecule has 34 heavy (non-hydrogen) atoms. The summed E-state index contributed by atoms with van der Waals surface area (Å²) in [6.07, 6.45) is 0. The van der Waals surface area contributed by atoms with Crippen molar-refractivity contribution in [3.05, 3.63) is 77.6 Å². The molecule has 2 aromatic carbocycles. The number of sulfonamides is 1. The molecule has 4 rings (SSSR count). The van der Waals surface area contributed by atoms with E-state index in [1.807, 2.05) is 19.9 Å². The van der Waals surface area contributed by atoms with Crippen molar-refractivity contribution in [1.82, 2.24) is 19.7 Å². The predicted octanol–water partition coefficient (Wildman–Crippen LogP) is 4.33. The number of rotatable bonds is 7. The number of hydrogen-bond donors (Lipinski definition) is 1. The summed E-state index contributed by atoms with van der Waals surface area (Å²) in [5, 5.41) is 4.43. The van der Waals surface area contributed by atoms with Gasteiger partial charge in [0.2, 0.25) is 5.88 Å². The highest BCUT2D eigenvalue weighted by molar-refractivity contribution is 7.92. The molecule has 0 atom stereocenters. The molecule has 0 aliphatic rings. The van der Waals surface area contributed by atoms with Crippen LogP contribution in [-0.2, 0) is 10.0 Å². The SMILES string of the molecule is COc1ccc(F)cc1S(=O)(=O)Nc1ccc(Oc2cc(-n3nc(C)cc3C)nc(C)n2)cc1. The molecule has 0 unspecified atom stereocenters. The third-order valence-electron chi connectivity index (χ3n) is 4.77. The number of aryl methyl sites for hydroxylation is 3. The Bertz CT molecular complexity index is 1450. The fourth-order valence-electron chi connectivity index (χ4n) is 3.33. The molecule has 0 bridgehead atoms. The number of benzene rings is 2. The van der Waals surface area contributed by atoms with Gasteiger partial charge < -0.3 is 9.47 Å². The van der Waals surface area contributed by atoms with Crippen LogP contribution < -0.4 is 14.2 Å². The fourth-order valence-corrected chi connectivity index (χ4v) is 4.57. The zero-order chi connectivity index (χ0) is 24.5. The Hall–Kier alpha value is -3.99. The largest absolute Gasteiger partial charge is 0.495 e. The lowest BCUT2D eigenvalue weighted by Crippen LogP contribution is -2.14. The first-order valence-corrected chi connectivity index (χ1v) is 11.7. The van der Waals surface area contributed by atoms with Gasteiger partial charge in [0.15, 0.2) is 5.82 Å². The average Bonchev–Trinajstić information content (AvgIpc) is 3.12. The number of methoxy groups -OCH3 is 1. The number of nitrogens with one attached hydrogen (secondary N) is 1. The Labute approximate surface area is 196 Å². The number of hydrogen-bond acceptors (Lipinski definition) is 7. The fraction of sp³-hybridized carbons (Fsp3) is 0.174. The summed E-state index contributed by atoms with van der Waals surface area (Å²) in [5.41, 5.74) is 2.05. The van der Waals surface area contributed by atoms with Crippen molar-refractivity contribution in [3.63, 3.8) is 0 Å². The molecule has 1 N–H and O–H groups in total. The van der Waals surface area contributed by atoms with Gasteiger partial charge >= 0.3 is 0 Å². The Balaban J connectivity index is 1.54. The van der Waals surface area contributed by atoms with E-state index in [4.69, 9.17) is 9.47 Å². The van der Waals surface area contributed by atoms with E-state index < -0.39 is 15.8 Å². The van der Waals surface area contributed by atoms with E-state index in [1.165, 1.54) is 25.3 Å². The first kappa shape index (κ1) is 23.2. The van der Waals surface area contributed by atoms with Crippen LogP contribution in [0.3, 0.4) is 0 Å². The lowest BCUT2D eigenvalue weighted by molar-refractivity contribution is 0.401. The first-order chi connectivity index (χ1) is 16.1. The van der Waals surface area contributed by atoms with E-state index in [0.29, 0.717) is 23.3 Å². The lowest BCUT2D eigenvalue weighted by Gasteiger charge is -2.12. The standard InChI is InChI=1S/C23H22FN5O4S/c1-14-11-15(2)29(27-14)22-13-23(26-16(3)25-22)33-19-8-6-18(7-9-19)28-34(30,31)21-12-17(24)5-10-20(21)32-4/h5-13,28H,1-4H3. The van der Waals surface area contributed by atoms with Gasteiger partial charge in [-0.15, -0.1) is 0 Å². The second kappa shape index (κ2) is 9.10. The maximum absolute atomic E-state index is 13.6. The van der Waals surface area contributed by atoms with Crippen molar-refractivity contribution in [3.8, 4) is 23.2 Å². The third-order valence-corrected chi connectivity index (χ3v) is 6.17. The molecule has 0 spiro atoms. The molecule has 11 heteroatoms. The normalized spacial score (nSPS) is 11.3. The minimum atomic E-state index is -4.08. The summed E-state index contributed by atoms with van der Waals surface area (Å²) in [7, 11) is -2.77. The van der Waals surface area contributed by atoms with Gasteiger partial charge in [0.1, 0.15) is 28.0 Å². The van der Waals surface area contributed by atoms with Gasteiger partial charge in [-0.1, -0.05) is 0 Å². The quantitative estimate of drug-likeness (QED) is 0.417. The molecule has 0 amide bonds. The average molecular weight is 484 g/mol. The highest BCUT2D eigenvalue weighted by Gasteiger charge is 2.20. The number of halogens is 1. The molecule has 9 nitrogen and oxygen atoms in total. The van der Waals surface area contributed by atoms with Crippen molar-refractivity contribution in [2.24, 2.45) is 0 Å². The molecule has 0 saturated carbocycles. The van der Waals surface area contributed by atoms with Crippen LogP contribution in [0.25, 0.3) is 5.82 Å². The summed E-state index contributed by atoms with van der Waals surface area (Å²) >= 11 is 0. The van der Waals surface area contributed by atoms with Crippen molar-refractivity contribution in [2.75, 3.05) is 11.8 Å². The second-order valence-corrected chi connectivity index (χ2v) is 9.13. The molecule has 4 aromatic rings. The van der Waals surface area contributed by atoms with Crippen LogP contribution in [0.15, 0.2) is 59.5 Å². The Morgan fingerprint density at radius 3 is 2.35 bits per heavy atom. The van der Waals surface area contributed by atoms with E-state index in [-0.39, 0.29) is 16.3 Å². The van der Waals surface area contributed by atoms with Crippen LogP contribution in [0, 0.1) is 26.6 Å². The molecule has 0 aliphatic carbocycles. The highest BCUT2D eigenvalue weighted by Crippen LogP contribution is 2.28. The molecular formula is C23H22FN5O4S. The van der Waals surface area contributed by atoms with Crippen LogP contribution in [0.2, 0.25) is 0 Å². The lowest BCUT2D eigenvalue weighted by atomic mass is 10.3. The predicted molar refractivity (Wildman–Crippen MR) is 124 cm³/mol.